The number of aromatic nitrogens is 4. The molecule has 106 valence electrons. The second-order valence-corrected chi connectivity index (χ2v) is 5.25. The Morgan fingerprint density at radius 3 is 2.90 bits per heavy atom. The minimum Gasteiger partial charge on any atom is -0.461 e. The lowest BCUT2D eigenvalue weighted by atomic mass is 10.4. The van der Waals surface area contributed by atoms with Crippen molar-refractivity contribution >= 4 is 40.1 Å². The predicted molar refractivity (Wildman–Crippen MR) is 77.7 cm³/mol. The zero-order valence-corrected chi connectivity index (χ0v) is 12.8. The quantitative estimate of drug-likeness (QED) is 0.664. The van der Waals surface area contributed by atoms with E-state index in [-0.39, 0.29) is 12.3 Å². The number of rotatable bonds is 5. The van der Waals surface area contributed by atoms with Crippen molar-refractivity contribution in [1.82, 2.24) is 19.6 Å². The lowest BCUT2D eigenvalue weighted by Gasteiger charge is -2.07. The maximum Gasteiger partial charge on any atom is 0.362 e. The van der Waals surface area contributed by atoms with E-state index in [1.165, 1.54) is 23.3 Å². The van der Waals surface area contributed by atoms with Crippen molar-refractivity contribution in [1.29, 1.82) is 0 Å². The molecule has 0 unspecified atom stereocenters. The summed E-state index contributed by atoms with van der Waals surface area (Å²) in [7, 11) is 0. The highest BCUT2D eigenvalue weighted by molar-refractivity contribution is 7.98. The lowest BCUT2D eigenvalue weighted by Crippen LogP contribution is -2.13. The average Bonchev–Trinajstić information content (AvgIpc) is 2.84. The van der Waals surface area contributed by atoms with Gasteiger partial charge in [-0.05, 0) is 37.7 Å². The fourth-order valence-electron chi connectivity index (χ4n) is 1.36. The van der Waals surface area contributed by atoms with Gasteiger partial charge in [0.25, 0.3) is 0 Å². The molecule has 0 radical (unpaired) electrons. The van der Waals surface area contributed by atoms with Crippen LogP contribution in [0.25, 0.3) is 0 Å². The molecule has 1 N–H and O–H groups in total. The van der Waals surface area contributed by atoms with Crippen LogP contribution in [0.1, 0.15) is 23.1 Å². The van der Waals surface area contributed by atoms with Crippen molar-refractivity contribution in [3.8, 4) is 0 Å². The highest BCUT2D eigenvalue weighted by atomic mass is 32.2. The van der Waals surface area contributed by atoms with Gasteiger partial charge in [0, 0.05) is 0 Å². The maximum absolute atomic E-state index is 11.8. The summed E-state index contributed by atoms with van der Waals surface area (Å²) in [5, 5.41) is 12.0. The molecule has 2 aromatic heterocycles. The van der Waals surface area contributed by atoms with E-state index in [4.69, 9.17) is 4.74 Å². The Morgan fingerprint density at radius 1 is 1.50 bits per heavy atom. The van der Waals surface area contributed by atoms with Crippen molar-refractivity contribution in [2.45, 2.75) is 19.0 Å². The molecule has 0 fully saturated rings. The molecule has 2 aromatic rings. The first kappa shape index (κ1) is 14.7. The van der Waals surface area contributed by atoms with E-state index in [2.05, 4.69) is 24.9 Å². The summed E-state index contributed by atoms with van der Waals surface area (Å²) in [6.45, 7) is 3.89. The van der Waals surface area contributed by atoms with Gasteiger partial charge in [0.2, 0.25) is 10.9 Å². The number of ether oxygens (including phenoxy) is 1. The van der Waals surface area contributed by atoms with Crippen LogP contribution >= 0.6 is 23.3 Å². The zero-order chi connectivity index (χ0) is 14.5. The first-order valence-corrected chi connectivity index (χ1v) is 7.80. The van der Waals surface area contributed by atoms with E-state index < -0.39 is 5.97 Å². The molecular formula is C11H13N5O2S2. The smallest absolute Gasteiger partial charge is 0.362 e. The monoisotopic (exact) mass is 311 g/mol. The van der Waals surface area contributed by atoms with Gasteiger partial charge in [-0.15, -0.1) is 10.2 Å². The molecule has 20 heavy (non-hydrogen) atoms. The van der Waals surface area contributed by atoms with E-state index in [1.54, 1.807) is 6.92 Å². The third kappa shape index (κ3) is 3.42. The topological polar surface area (TPSA) is 89.9 Å². The second kappa shape index (κ2) is 6.62. The number of nitrogens with one attached hydrogen (secondary N) is 1. The number of anilines is 2. The van der Waals surface area contributed by atoms with Crippen LogP contribution < -0.4 is 5.32 Å². The van der Waals surface area contributed by atoms with Gasteiger partial charge in [0.15, 0.2) is 5.82 Å². The van der Waals surface area contributed by atoms with Gasteiger partial charge in [-0.1, -0.05) is 11.8 Å². The van der Waals surface area contributed by atoms with Crippen molar-refractivity contribution in [3.05, 3.63) is 17.5 Å². The molecule has 7 nitrogen and oxygen atoms in total. The fourth-order valence-corrected chi connectivity index (χ4v) is 2.33. The highest BCUT2D eigenvalue weighted by Crippen LogP contribution is 2.23. The molecular weight excluding hydrogens is 298 g/mol. The van der Waals surface area contributed by atoms with Crippen LogP contribution in [0.2, 0.25) is 0 Å². The predicted octanol–water partition coefficient (Wildman–Crippen LogP) is 2.28. The molecule has 0 aliphatic heterocycles. The Kier molecular flexibility index (Phi) is 4.85. The van der Waals surface area contributed by atoms with Crippen molar-refractivity contribution < 1.29 is 9.53 Å². The normalized spacial score (nSPS) is 10.3. The summed E-state index contributed by atoms with van der Waals surface area (Å²) >= 11 is 2.63. The van der Waals surface area contributed by atoms with E-state index in [9.17, 15) is 4.79 Å². The number of carbonyl (C=O) groups excluding carboxylic acids is 1. The Morgan fingerprint density at radius 2 is 2.30 bits per heavy atom. The molecule has 9 heteroatoms. The summed E-state index contributed by atoms with van der Waals surface area (Å²) in [6.07, 6.45) is 1.83. The van der Waals surface area contributed by atoms with Gasteiger partial charge < -0.3 is 10.1 Å². The number of aryl methyl sites for hydroxylation is 1. The molecule has 2 heterocycles. The standard InChI is InChI=1S/C11H13N5O2S2/c1-4-18-10(17)8-9(13-11(19-3)15-14-8)12-7-5-6(2)16-20-7/h5H,4H2,1-3H3,(H,12,13,15). The summed E-state index contributed by atoms with van der Waals surface area (Å²) in [5.74, 6) is -0.227. The summed E-state index contributed by atoms with van der Waals surface area (Å²) in [5.41, 5.74) is 0.956. The van der Waals surface area contributed by atoms with Gasteiger partial charge in [0.05, 0.1) is 12.3 Å². The van der Waals surface area contributed by atoms with Crippen molar-refractivity contribution in [2.75, 3.05) is 18.2 Å². The SMILES string of the molecule is CCOC(=O)c1nnc(SC)nc1Nc1cc(C)ns1. The Bertz CT molecular complexity index is 617. The molecule has 0 spiro atoms. The van der Waals surface area contributed by atoms with Gasteiger partial charge >= 0.3 is 5.97 Å². The first-order chi connectivity index (χ1) is 9.63. The lowest BCUT2D eigenvalue weighted by molar-refractivity contribution is 0.0518. The van der Waals surface area contributed by atoms with E-state index in [0.29, 0.717) is 11.0 Å². The van der Waals surface area contributed by atoms with Crippen molar-refractivity contribution in [3.63, 3.8) is 0 Å². The molecule has 0 bridgehead atoms. The largest absolute Gasteiger partial charge is 0.461 e. The third-order valence-electron chi connectivity index (χ3n) is 2.19. The molecule has 2 rings (SSSR count). The minimum absolute atomic E-state index is 0.0655. The summed E-state index contributed by atoms with van der Waals surface area (Å²) in [6, 6.07) is 1.86. The van der Waals surface area contributed by atoms with Crippen LogP contribution in [0.15, 0.2) is 11.2 Å². The van der Waals surface area contributed by atoms with E-state index >= 15 is 0 Å². The minimum atomic E-state index is -0.552. The van der Waals surface area contributed by atoms with Gasteiger partial charge in [0.1, 0.15) is 5.00 Å². The van der Waals surface area contributed by atoms with Crippen LogP contribution in [0, 0.1) is 6.92 Å². The van der Waals surface area contributed by atoms with E-state index in [1.807, 2.05) is 19.2 Å². The molecule has 0 atom stereocenters. The van der Waals surface area contributed by atoms with Crippen LogP contribution in [-0.2, 0) is 4.74 Å². The molecule has 0 aliphatic carbocycles. The highest BCUT2D eigenvalue weighted by Gasteiger charge is 2.18. The number of thioether (sulfide) groups is 1. The third-order valence-corrected chi connectivity index (χ3v) is 3.52. The number of esters is 1. The Balaban J connectivity index is 2.34. The molecule has 0 aliphatic rings. The second-order valence-electron chi connectivity index (χ2n) is 3.67. The number of carbonyl (C=O) groups is 1. The fraction of sp³-hybridized carbons (Fsp3) is 0.364. The van der Waals surface area contributed by atoms with E-state index in [0.717, 1.165) is 10.7 Å². The molecule has 0 saturated carbocycles. The molecule has 0 amide bonds. The van der Waals surface area contributed by atoms with Gasteiger partial charge in [-0.25, -0.2) is 9.78 Å². The van der Waals surface area contributed by atoms with Crippen LogP contribution in [0.3, 0.4) is 0 Å². The summed E-state index contributed by atoms with van der Waals surface area (Å²) in [4.78, 5) is 16.1. The van der Waals surface area contributed by atoms with Gasteiger partial charge in [-0.3, -0.25) is 0 Å². The molecule has 0 saturated heterocycles. The number of hydrogen-bond donors (Lipinski definition) is 1. The van der Waals surface area contributed by atoms with Crippen LogP contribution in [-0.4, -0.2) is 38.4 Å². The Labute approximate surface area is 124 Å². The number of hydrogen-bond acceptors (Lipinski definition) is 9. The molecule has 0 aromatic carbocycles. The summed E-state index contributed by atoms with van der Waals surface area (Å²) < 4.78 is 9.10. The Hall–Kier alpha value is -1.74. The van der Waals surface area contributed by atoms with Gasteiger partial charge in [-0.2, -0.15) is 4.37 Å². The maximum atomic E-state index is 11.8. The zero-order valence-electron chi connectivity index (χ0n) is 11.2. The number of nitrogens with zero attached hydrogens (tertiary/aromatic N) is 4. The van der Waals surface area contributed by atoms with Crippen LogP contribution in [0.5, 0.6) is 0 Å². The average molecular weight is 311 g/mol. The first-order valence-electron chi connectivity index (χ1n) is 5.80. The van der Waals surface area contributed by atoms with Crippen LogP contribution in [0.4, 0.5) is 10.8 Å². The van der Waals surface area contributed by atoms with Crippen molar-refractivity contribution in [2.24, 2.45) is 0 Å².